The highest BCUT2D eigenvalue weighted by atomic mass is 16.5. The van der Waals surface area contributed by atoms with E-state index in [2.05, 4.69) is 10.3 Å². The molecule has 4 heteroatoms. The standard InChI is InChI=1S/C12H18N2O2/c1-4-16-12(15)10(3)13-8-11-7-5-6-9(2)14-11/h5-7,10,13H,4,8H2,1-3H3. The Kier molecular flexibility index (Phi) is 4.92. The number of nitrogens with zero attached hydrogens (tertiary/aromatic N) is 1. The number of esters is 1. The molecule has 88 valence electrons. The monoisotopic (exact) mass is 222 g/mol. The Bertz CT molecular complexity index is 353. The third kappa shape index (κ3) is 3.98. The number of rotatable bonds is 5. The highest BCUT2D eigenvalue weighted by molar-refractivity contribution is 5.75. The minimum absolute atomic E-state index is 0.227. The molecule has 4 nitrogen and oxygen atoms in total. The topological polar surface area (TPSA) is 51.2 Å². The van der Waals surface area contributed by atoms with E-state index in [1.165, 1.54) is 0 Å². The summed E-state index contributed by atoms with van der Waals surface area (Å²) in [5.74, 6) is -0.227. The highest BCUT2D eigenvalue weighted by Gasteiger charge is 2.12. The van der Waals surface area contributed by atoms with E-state index in [1.54, 1.807) is 13.8 Å². The molecule has 0 saturated carbocycles. The van der Waals surface area contributed by atoms with E-state index < -0.39 is 0 Å². The maximum absolute atomic E-state index is 11.3. The summed E-state index contributed by atoms with van der Waals surface area (Å²) in [5.41, 5.74) is 1.90. The van der Waals surface area contributed by atoms with Gasteiger partial charge in [0.05, 0.1) is 12.3 Å². The van der Waals surface area contributed by atoms with E-state index in [1.807, 2.05) is 25.1 Å². The number of aryl methyl sites for hydroxylation is 1. The minimum Gasteiger partial charge on any atom is -0.465 e. The van der Waals surface area contributed by atoms with Crippen molar-refractivity contribution in [3.8, 4) is 0 Å². The van der Waals surface area contributed by atoms with Gasteiger partial charge in [-0.3, -0.25) is 15.1 Å². The molecule has 1 aromatic rings. The van der Waals surface area contributed by atoms with Crippen LogP contribution in [0, 0.1) is 6.92 Å². The molecular weight excluding hydrogens is 204 g/mol. The second-order valence-corrected chi connectivity index (χ2v) is 3.62. The molecule has 1 rings (SSSR count). The molecule has 0 aliphatic rings. The Labute approximate surface area is 96.0 Å². The van der Waals surface area contributed by atoms with Gasteiger partial charge in [-0.05, 0) is 32.9 Å². The van der Waals surface area contributed by atoms with Crippen molar-refractivity contribution in [1.82, 2.24) is 10.3 Å². The second-order valence-electron chi connectivity index (χ2n) is 3.62. The average molecular weight is 222 g/mol. The van der Waals surface area contributed by atoms with Gasteiger partial charge in [-0.25, -0.2) is 0 Å². The van der Waals surface area contributed by atoms with Gasteiger partial charge in [0.2, 0.25) is 0 Å². The van der Waals surface area contributed by atoms with E-state index in [0.717, 1.165) is 11.4 Å². The molecule has 16 heavy (non-hydrogen) atoms. The summed E-state index contributed by atoms with van der Waals surface area (Å²) in [5, 5.41) is 3.07. The molecule has 0 aliphatic heterocycles. The maximum Gasteiger partial charge on any atom is 0.322 e. The van der Waals surface area contributed by atoms with Gasteiger partial charge >= 0.3 is 5.97 Å². The summed E-state index contributed by atoms with van der Waals surface area (Å²) in [6.07, 6.45) is 0. The number of ether oxygens (including phenoxy) is 1. The van der Waals surface area contributed by atoms with Crippen molar-refractivity contribution in [2.75, 3.05) is 6.61 Å². The van der Waals surface area contributed by atoms with E-state index in [-0.39, 0.29) is 12.0 Å². The molecule has 0 bridgehead atoms. The third-order valence-electron chi connectivity index (χ3n) is 2.18. The lowest BCUT2D eigenvalue weighted by Crippen LogP contribution is -2.35. The first-order chi connectivity index (χ1) is 7.63. The zero-order chi connectivity index (χ0) is 12.0. The Morgan fingerprint density at radius 1 is 1.56 bits per heavy atom. The van der Waals surface area contributed by atoms with Crippen LogP contribution in [0.2, 0.25) is 0 Å². The summed E-state index contributed by atoms with van der Waals surface area (Å²) in [4.78, 5) is 15.7. The van der Waals surface area contributed by atoms with Crippen LogP contribution in [0.4, 0.5) is 0 Å². The van der Waals surface area contributed by atoms with E-state index in [4.69, 9.17) is 4.74 Å². The van der Waals surface area contributed by atoms with Crippen LogP contribution in [-0.4, -0.2) is 23.6 Å². The van der Waals surface area contributed by atoms with E-state index in [9.17, 15) is 4.79 Å². The number of pyridine rings is 1. The molecule has 0 aliphatic carbocycles. The molecule has 0 amide bonds. The summed E-state index contributed by atoms with van der Waals surface area (Å²) in [6.45, 7) is 6.51. The van der Waals surface area contributed by atoms with Crippen LogP contribution >= 0.6 is 0 Å². The van der Waals surface area contributed by atoms with Crippen molar-refractivity contribution >= 4 is 5.97 Å². The van der Waals surface area contributed by atoms with Crippen molar-refractivity contribution < 1.29 is 9.53 Å². The summed E-state index contributed by atoms with van der Waals surface area (Å²) >= 11 is 0. The third-order valence-corrected chi connectivity index (χ3v) is 2.18. The molecule has 0 aromatic carbocycles. The first-order valence-electron chi connectivity index (χ1n) is 5.46. The number of nitrogens with one attached hydrogen (secondary N) is 1. The predicted molar refractivity (Wildman–Crippen MR) is 61.9 cm³/mol. The SMILES string of the molecule is CCOC(=O)C(C)NCc1cccc(C)n1. The molecule has 1 aromatic heterocycles. The molecule has 0 fully saturated rings. The van der Waals surface area contributed by atoms with Gasteiger partial charge in [0.15, 0.2) is 0 Å². The van der Waals surface area contributed by atoms with Crippen LogP contribution in [0.1, 0.15) is 25.2 Å². The van der Waals surface area contributed by atoms with Crippen LogP contribution < -0.4 is 5.32 Å². The lowest BCUT2D eigenvalue weighted by atomic mass is 10.3. The van der Waals surface area contributed by atoms with E-state index in [0.29, 0.717) is 13.2 Å². The van der Waals surface area contributed by atoms with Gasteiger partial charge in [-0.2, -0.15) is 0 Å². The first-order valence-corrected chi connectivity index (χ1v) is 5.46. The fourth-order valence-corrected chi connectivity index (χ4v) is 1.31. The van der Waals surface area contributed by atoms with Gasteiger partial charge in [0.25, 0.3) is 0 Å². The fourth-order valence-electron chi connectivity index (χ4n) is 1.31. The number of hydrogen-bond donors (Lipinski definition) is 1. The molecule has 0 spiro atoms. The van der Waals surface area contributed by atoms with Crippen molar-refractivity contribution in [1.29, 1.82) is 0 Å². The van der Waals surface area contributed by atoms with Crippen molar-refractivity contribution in [2.24, 2.45) is 0 Å². The Balaban J connectivity index is 2.42. The number of carbonyl (C=O) groups excluding carboxylic acids is 1. The predicted octanol–water partition coefficient (Wildman–Crippen LogP) is 1.43. The molecule has 1 atom stereocenters. The lowest BCUT2D eigenvalue weighted by Gasteiger charge is -2.12. The zero-order valence-corrected chi connectivity index (χ0v) is 9.99. The van der Waals surface area contributed by atoms with Crippen LogP contribution in [0.25, 0.3) is 0 Å². The molecule has 1 N–H and O–H groups in total. The van der Waals surface area contributed by atoms with Crippen LogP contribution in [0.15, 0.2) is 18.2 Å². The molecule has 1 unspecified atom stereocenters. The van der Waals surface area contributed by atoms with Gasteiger partial charge in [0.1, 0.15) is 6.04 Å². The van der Waals surface area contributed by atoms with E-state index >= 15 is 0 Å². The van der Waals surface area contributed by atoms with Crippen molar-refractivity contribution in [3.63, 3.8) is 0 Å². The van der Waals surface area contributed by atoms with Crippen LogP contribution in [0.3, 0.4) is 0 Å². The lowest BCUT2D eigenvalue weighted by molar-refractivity contribution is -0.145. The second kappa shape index (κ2) is 6.23. The molecule has 0 radical (unpaired) electrons. The molecular formula is C12H18N2O2. The van der Waals surface area contributed by atoms with Crippen molar-refractivity contribution in [2.45, 2.75) is 33.4 Å². The normalized spacial score (nSPS) is 12.2. The van der Waals surface area contributed by atoms with Crippen LogP contribution in [-0.2, 0) is 16.1 Å². The quantitative estimate of drug-likeness (QED) is 0.766. The molecule has 0 saturated heterocycles. The summed E-state index contributed by atoms with van der Waals surface area (Å²) in [6, 6.07) is 5.52. The minimum atomic E-state index is -0.303. The average Bonchev–Trinajstić information content (AvgIpc) is 2.26. The highest BCUT2D eigenvalue weighted by Crippen LogP contribution is 1.98. The van der Waals surface area contributed by atoms with Crippen molar-refractivity contribution in [3.05, 3.63) is 29.6 Å². The first kappa shape index (κ1) is 12.6. The van der Waals surface area contributed by atoms with Crippen LogP contribution in [0.5, 0.6) is 0 Å². The fraction of sp³-hybridized carbons (Fsp3) is 0.500. The largest absolute Gasteiger partial charge is 0.465 e. The number of aromatic nitrogens is 1. The zero-order valence-electron chi connectivity index (χ0n) is 9.99. The van der Waals surface area contributed by atoms with Gasteiger partial charge in [-0.15, -0.1) is 0 Å². The Hall–Kier alpha value is -1.42. The van der Waals surface area contributed by atoms with Gasteiger partial charge < -0.3 is 4.74 Å². The summed E-state index contributed by atoms with van der Waals surface area (Å²) in [7, 11) is 0. The van der Waals surface area contributed by atoms with Gasteiger partial charge in [-0.1, -0.05) is 6.07 Å². The summed E-state index contributed by atoms with van der Waals surface area (Å²) < 4.78 is 4.89. The number of carbonyl (C=O) groups is 1. The maximum atomic E-state index is 11.3. The smallest absolute Gasteiger partial charge is 0.322 e. The van der Waals surface area contributed by atoms with Gasteiger partial charge in [0, 0.05) is 12.2 Å². The molecule has 1 heterocycles. The Morgan fingerprint density at radius 3 is 2.94 bits per heavy atom. The number of hydrogen-bond acceptors (Lipinski definition) is 4. The Morgan fingerprint density at radius 2 is 2.31 bits per heavy atom.